The number of aliphatic hydroxyl groups is 1. The van der Waals surface area contributed by atoms with Crippen LogP contribution in [-0.4, -0.2) is 24.9 Å². The van der Waals surface area contributed by atoms with Crippen molar-refractivity contribution >= 4 is 5.69 Å². The van der Waals surface area contributed by atoms with Crippen LogP contribution in [0.15, 0.2) is 18.2 Å². The molecule has 4 heteroatoms. The van der Waals surface area contributed by atoms with Gasteiger partial charge in [-0.05, 0) is 25.7 Å². The molecule has 0 atom stereocenters. The summed E-state index contributed by atoms with van der Waals surface area (Å²) in [6.07, 6.45) is 3.69. The maximum Gasteiger partial charge on any atom is 0.125 e. The predicted octanol–water partition coefficient (Wildman–Crippen LogP) is 2.60. The van der Waals surface area contributed by atoms with E-state index in [1.54, 1.807) is 12.1 Å². The van der Waals surface area contributed by atoms with Crippen LogP contribution >= 0.6 is 0 Å². The largest absolute Gasteiger partial charge is 0.493 e. The van der Waals surface area contributed by atoms with Gasteiger partial charge in [0, 0.05) is 30.5 Å². The van der Waals surface area contributed by atoms with E-state index in [2.05, 4.69) is 6.92 Å². The van der Waals surface area contributed by atoms with Crippen LogP contribution in [0.5, 0.6) is 11.5 Å². The Bertz CT molecular complexity index is 342. The van der Waals surface area contributed by atoms with Gasteiger partial charge in [0.2, 0.25) is 0 Å². The number of anilines is 1. The molecule has 0 saturated carbocycles. The number of benzene rings is 1. The van der Waals surface area contributed by atoms with Gasteiger partial charge in [-0.2, -0.15) is 0 Å². The quantitative estimate of drug-likeness (QED) is 0.524. The lowest BCUT2D eigenvalue weighted by Gasteiger charge is -2.10. The molecule has 1 rings (SSSR count). The summed E-state index contributed by atoms with van der Waals surface area (Å²) in [5.74, 6) is 1.49. The van der Waals surface area contributed by atoms with Crippen molar-refractivity contribution in [2.24, 2.45) is 0 Å². The molecule has 0 aliphatic rings. The number of nitrogens with two attached hydrogens (primary N) is 1. The van der Waals surface area contributed by atoms with Crippen LogP contribution in [0.25, 0.3) is 0 Å². The minimum absolute atomic E-state index is 0.243. The summed E-state index contributed by atoms with van der Waals surface area (Å²) < 4.78 is 11.1. The highest BCUT2D eigenvalue weighted by Gasteiger charge is 2.01. The molecular formula is C14H23NO3. The van der Waals surface area contributed by atoms with E-state index in [1.165, 1.54) is 0 Å². The molecule has 0 fully saturated rings. The molecule has 0 aromatic heterocycles. The maximum absolute atomic E-state index is 8.66. The molecule has 102 valence electrons. The van der Waals surface area contributed by atoms with E-state index in [-0.39, 0.29) is 6.61 Å². The molecule has 18 heavy (non-hydrogen) atoms. The van der Waals surface area contributed by atoms with E-state index in [0.717, 1.165) is 37.2 Å². The highest BCUT2D eigenvalue weighted by atomic mass is 16.5. The van der Waals surface area contributed by atoms with Gasteiger partial charge in [0.25, 0.3) is 0 Å². The fourth-order valence-electron chi connectivity index (χ4n) is 1.56. The zero-order chi connectivity index (χ0) is 13.2. The van der Waals surface area contributed by atoms with Crippen molar-refractivity contribution in [3.63, 3.8) is 0 Å². The molecule has 3 N–H and O–H groups in total. The topological polar surface area (TPSA) is 64.7 Å². The van der Waals surface area contributed by atoms with Gasteiger partial charge in [0.15, 0.2) is 0 Å². The first-order valence-electron chi connectivity index (χ1n) is 6.53. The molecule has 0 aliphatic heterocycles. The number of rotatable bonds is 9. The first-order chi connectivity index (χ1) is 8.76. The van der Waals surface area contributed by atoms with Crippen LogP contribution in [0.2, 0.25) is 0 Å². The Labute approximate surface area is 109 Å². The zero-order valence-corrected chi connectivity index (χ0v) is 11.0. The second kappa shape index (κ2) is 8.64. The number of nitrogen functional groups attached to an aromatic ring is 1. The normalized spacial score (nSPS) is 10.3. The van der Waals surface area contributed by atoms with E-state index in [4.69, 9.17) is 20.3 Å². The van der Waals surface area contributed by atoms with Crippen LogP contribution in [0.1, 0.15) is 32.6 Å². The molecular weight excluding hydrogens is 230 g/mol. The summed E-state index contributed by atoms with van der Waals surface area (Å²) in [5.41, 5.74) is 6.44. The Morgan fingerprint density at radius 2 is 1.67 bits per heavy atom. The third kappa shape index (κ3) is 5.77. The Kier molecular flexibility index (Phi) is 7.03. The molecule has 0 unspecified atom stereocenters. The summed E-state index contributed by atoms with van der Waals surface area (Å²) in [7, 11) is 0. The highest BCUT2D eigenvalue weighted by molar-refractivity contribution is 5.50. The van der Waals surface area contributed by atoms with Crippen LogP contribution in [0, 0.1) is 0 Å². The summed E-state index contributed by atoms with van der Waals surface area (Å²) in [6.45, 7) is 3.62. The van der Waals surface area contributed by atoms with E-state index in [0.29, 0.717) is 18.9 Å². The summed E-state index contributed by atoms with van der Waals surface area (Å²) in [5, 5.41) is 8.66. The second-order valence-corrected chi connectivity index (χ2v) is 4.22. The molecule has 0 bridgehead atoms. The molecule has 1 aromatic rings. The van der Waals surface area contributed by atoms with Crippen molar-refractivity contribution in [3.8, 4) is 11.5 Å². The number of ether oxygens (including phenoxy) is 2. The Morgan fingerprint density at radius 1 is 1.00 bits per heavy atom. The molecule has 0 radical (unpaired) electrons. The molecule has 0 heterocycles. The lowest BCUT2D eigenvalue weighted by Crippen LogP contribution is -2.00. The highest BCUT2D eigenvalue weighted by Crippen LogP contribution is 2.24. The van der Waals surface area contributed by atoms with Gasteiger partial charge in [-0.1, -0.05) is 6.92 Å². The Morgan fingerprint density at radius 3 is 2.28 bits per heavy atom. The molecule has 0 amide bonds. The zero-order valence-electron chi connectivity index (χ0n) is 11.0. The van der Waals surface area contributed by atoms with Crippen LogP contribution in [0.3, 0.4) is 0 Å². The van der Waals surface area contributed by atoms with Crippen molar-refractivity contribution in [2.75, 3.05) is 25.6 Å². The fourth-order valence-corrected chi connectivity index (χ4v) is 1.56. The van der Waals surface area contributed by atoms with Gasteiger partial charge in [-0.25, -0.2) is 0 Å². The van der Waals surface area contributed by atoms with Crippen LogP contribution < -0.4 is 15.2 Å². The van der Waals surface area contributed by atoms with E-state index in [1.807, 2.05) is 6.07 Å². The second-order valence-electron chi connectivity index (χ2n) is 4.22. The SMILES string of the molecule is CCCOc1cc(N)cc(OCCCCCO)c1. The van der Waals surface area contributed by atoms with Gasteiger partial charge in [0.05, 0.1) is 13.2 Å². The van der Waals surface area contributed by atoms with Gasteiger partial charge in [-0.15, -0.1) is 0 Å². The van der Waals surface area contributed by atoms with Gasteiger partial charge < -0.3 is 20.3 Å². The van der Waals surface area contributed by atoms with Crippen molar-refractivity contribution in [1.82, 2.24) is 0 Å². The monoisotopic (exact) mass is 253 g/mol. The number of hydrogen-bond acceptors (Lipinski definition) is 4. The third-order valence-corrected chi connectivity index (χ3v) is 2.45. The molecule has 0 spiro atoms. The molecule has 0 saturated heterocycles. The average molecular weight is 253 g/mol. The molecule has 4 nitrogen and oxygen atoms in total. The van der Waals surface area contributed by atoms with Crippen molar-refractivity contribution in [2.45, 2.75) is 32.6 Å². The fraction of sp³-hybridized carbons (Fsp3) is 0.571. The van der Waals surface area contributed by atoms with E-state index >= 15 is 0 Å². The third-order valence-electron chi connectivity index (χ3n) is 2.45. The van der Waals surface area contributed by atoms with Crippen molar-refractivity contribution < 1.29 is 14.6 Å². The first-order valence-corrected chi connectivity index (χ1v) is 6.53. The van der Waals surface area contributed by atoms with Crippen molar-refractivity contribution in [1.29, 1.82) is 0 Å². The van der Waals surface area contributed by atoms with E-state index in [9.17, 15) is 0 Å². The van der Waals surface area contributed by atoms with E-state index < -0.39 is 0 Å². The summed E-state index contributed by atoms with van der Waals surface area (Å²) in [6, 6.07) is 5.46. The smallest absolute Gasteiger partial charge is 0.125 e. The molecule has 0 aliphatic carbocycles. The standard InChI is InChI=1S/C14H23NO3/c1-2-7-17-13-9-12(15)10-14(11-13)18-8-5-3-4-6-16/h9-11,16H,2-8,15H2,1H3. The summed E-state index contributed by atoms with van der Waals surface area (Å²) in [4.78, 5) is 0. The number of hydrogen-bond donors (Lipinski definition) is 2. The average Bonchev–Trinajstić information content (AvgIpc) is 2.35. The lowest BCUT2D eigenvalue weighted by molar-refractivity contribution is 0.265. The Balaban J connectivity index is 2.41. The van der Waals surface area contributed by atoms with Gasteiger partial charge >= 0.3 is 0 Å². The van der Waals surface area contributed by atoms with Gasteiger partial charge in [-0.3, -0.25) is 0 Å². The van der Waals surface area contributed by atoms with Crippen molar-refractivity contribution in [3.05, 3.63) is 18.2 Å². The van der Waals surface area contributed by atoms with Crippen LogP contribution in [0.4, 0.5) is 5.69 Å². The molecule has 1 aromatic carbocycles. The minimum atomic E-state index is 0.243. The lowest BCUT2D eigenvalue weighted by atomic mass is 10.2. The van der Waals surface area contributed by atoms with Crippen LogP contribution in [-0.2, 0) is 0 Å². The number of unbranched alkanes of at least 4 members (excludes halogenated alkanes) is 2. The Hall–Kier alpha value is -1.42. The van der Waals surface area contributed by atoms with Gasteiger partial charge in [0.1, 0.15) is 11.5 Å². The minimum Gasteiger partial charge on any atom is -0.493 e. The summed E-state index contributed by atoms with van der Waals surface area (Å²) >= 11 is 0. The maximum atomic E-state index is 8.66. The number of aliphatic hydroxyl groups excluding tert-OH is 1. The first kappa shape index (κ1) is 14.6. The predicted molar refractivity (Wildman–Crippen MR) is 73.1 cm³/mol.